The minimum absolute atomic E-state index is 0.201. The molecule has 1 aromatic rings. The van der Waals surface area contributed by atoms with Crippen LogP contribution in [0.25, 0.3) is 0 Å². The minimum Gasteiger partial charge on any atom is -0.489 e. The highest BCUT2D eigenvalue weighted by Crippen LogP contribution is 2.29. The molecule has 0 aliphatic heterocycles. The number of hydrogen-bond donors (Lipinski definition) is 1. The van der Waals surface area contributed by atoms with E-state index in [9.17, 15) is 14.4 Å². The first-order valence-electron chi connectivity index (χ1n) is 9.15. The average molecular weight is 412 g/mol. The van der Waals surface area contributed by atoms with Gasteiger partial charge in [-0.25, -0.2) is 4.79 Å². The number of alkyl halides is 1. The number of nitrogens with one attached hydrogen (secondary N) is 1. The number of anilines is 1. The fourth-order valence-corrected chi connectivity index (χ4v) is 2.52. The van der Waals surface area contributed by atoms with Crippen molar-refractivity contribution in [1.29, 1.82) is 0 Å². The smallest absolute Gasteiger partial charge is 0.338 e. The van der Waals surface area contributed by atoms with Crippen molar-refractivity contribution >= 4 is 34.9 Å². The number of esters is 1. The Balaban J connectivity index is 3.13. The van der Waals surface area contributed by atoms with Crippen LogP contribution in [0.15, 0.2) is 18.2 Å². The molecule has 0 aromatic heterocycles. The van der Waals surface area contributed by atoms with Crippen LogP contribution in [0.4, 0.5) is 5.69 Å². The summed E-state index contributed by atoms with van der Waals surface area (Å²) in [4.78, 5) is 37.0. The quantitative estimate of drug-likeness (QED) is 0.420. The largest absolute Gasteiger partial charge is 0.489 e. The lowest BCUT2D eigenvalue weighted by molar-refractivity contribution is -0.130. The first-order valence-corrected chi connectivity index (χ1v) is 9.59. The van der Waals surface area contributed by atoms with Gasteiger partial charge in [0, 0.05) is 5.41 Å². The second-order valence-corrected chi connectivity index (χ2v) is 9.28. The van der Waals surface area contributed by atoms with Crippen LogP contribution in [0.3, 0.4) is 0 Å². The van der Waals surface area contributed by atoms with E-state index < -0.39 is 28.3 Å². The molecule has 0 heterocycles. The van der Waals surface area contributed by atoms with Crippen LogP contribution in [-0.2, 0) is 14.3 Å². The third-order valence-electron chi connectivity index (χ3n) is 3.44. The van der Waals surface area contributed by atoms with E-state index in [0.29, 0.717) is 11.4 Å². The molecule has 0 saturated heterocycles. The van der Waals surface area contributed by atoms with Crippen molar-refractivity contribution in [3.8, 4) is 5.75 Å². The van der Waals surface area contributed by atoms with Crippen LogP contribution in [0.5, 0.6) is 5.75 Å². The molecule has 6 nitrogen and oxygen atoms in total. The number of ketones is 1. The van der Waals surface area contributed by atoms with Crippen LogP contribution in [0.2, 0.25) is 0 Å². The Morgan fingerprint density at radius 2 is 1.61 bits per heavy atom. The molecular formula is C21H30ClNO5. The van der Waals surface area contributed by atoms with Crippen LogP contribution < -0.4 is 10.1 Å². The van der Waals surface area contributed by atoms with Crippen molar-refractivity contribution < 1.29 is 23.9 Å². The lowest BCUT2D eigenvalue weighted by Gasteiger charge is -2.22. The minimum atomic E-state index is -1.34. The number of ether oxygens (including phenoxy) is 2. The molecule has 1 aromatic carbocycles. The summed E-state index contributed by atoms with van der Waals surface area (Å²) in [6, 6.07) is 4.55. The second-order valence-electron chi connectivity index (χ2n) is 8.85. The number of amides is 1. The van der Waals surface area contributed by atoms with E-state index in [4.69, 9.17) is 21.1 Å². The SMILES string of the molecule is CC(C)Oc1cc(C(=O)OC(C)(C)C)ccc1NC(=O)C(Cl)C(=O)C(C)(C)C. The Morgan fingerprint density at radius 3 is 2.07 bits per heavy atom. The maximum atomic E-state index is 12.4. The van der Waals surface area contributed by atoms with E-state index in [1.54, 1.807) is 41.5 Å². The zero-order valence-electron chi connectivity index (χ0n) is 17.8. The molecule has 28 heavy (non-hydrogen) atoms. The summed E-state index contributed by atoms with van der Waals surface area (Å²) < 4.78 is 11.1. The van der Waals surface area contributed by atoms with Crippen LogP contribution in [-0.4, -0.2) is 34.7 Å². The van der Waals surface area contributed by atoms with Gasteiger partial charge in [-0.2, -0.15) is 0 Å². The Kier molecular flexibility index (Phi) is 7.66. The van der Waals surface area contributed by atoms with E-state index >= 15 is 0 Å². The summed E-state index contributed by atoms with van der Waals surface area (Å²) >= 11 is 6.05. The lowest BCUT2D eigenvalue weighted by atomic mass is 9.88. The maximum absolute atomic E-state index is 12.4. The summed E-state index contributed by atoms with van der Waals surface area (Å²) in [5.74, 6) is -1.25. The van der Waals surface area contributed by atoms with Crippen molar-refractivity contribution in [3.05, 3.63) is 23.8 Å². The first-order chi connectivity index (χ1) is 12.6. The standard InChI is InChI=1S/C21H30ClNO5/c1-12(2)27-15-11-13(19(26)28-21(6,7)8)9-10-14(15)23-18(25)16(22)17(24)20(3,4)5/h9-12,16H,1-8H3,(H,23,25). The van der Waals surface area contributed by atoms with Gasteiger partial charge in [0.15, 0.2) is 11.2 Å². The number of hydrogen-bond acceptors (Lipinski definition) is 5. The van der Waals surface area contributed by atoms with Crippen LogP contribution >= 0.6 is 11.6 Å². The van der Waals surface area contributed by atoms with Gasteiger partial charge < -0.3 is 14.8 Å². The third-order valence-corrected chi connectivity index (χ3v) is 3.83. The Bertz CT molecular complexity index is 744. The zero-order valence-corrected chi connectivity index (χ0v) is 18.6. The van der Waals surface area contributed by atoms with Gasteiger partial charge in [-0.1, -0.05) is 20.8 Å². The maximum Gasteiger partial charge on any atom is 0.338 e. The summed E-state index contributed by atoms with van der Waals surface area (Å²) in [5.41, 5.74) is -0.779. The molecule has 0 aliphatic rings. The van der Waals surface area contributed by atoms with E-state index in [0.717, 1.165) is 0 Å². The lowest BCUT2D eigenvalue weighted by Crippen LogP contribution is -2.37. The first kappa shape index (κ1) is 24.0. The van der Waals surface area contributed by atoms with Gasteiger partial charge in [0.25, 0.3) is 0 Å². The van der Waals surface area contributed by atoms with Gasteiger partial charge in [-0.3, -0.25) is 9.59 Å². The average Bonchev–Trinajstić information content (AvgIpc) is 2.51. The molecule has 0 radical (unpaired) electrons. The number of carbonyl (C=O) groups excluding carboxylic acids is 3. The van der Waals surface area contributed by atoms with Crippen molar-refractivity contribution in [2.24, 2.45) is 5.41 Å². The van der Waals surface area contributed by atoms with Gasteiger partial charge in [0.1, 0.15) is 11.4 Å². The predicted molar refractivity (Wildman–Crippen MR) is 110 cm³/mol. The highest BCUT2D eigenvalue weighted by molar-refractivity contribution is 6.43. The number of Topliss-reactive ketones (excluding diaryl/α,β-unsaturated/α-hetero) is 1. The van der Waals surface area contributed by atoms with Gasteiger partial charge in [0.2, 0.25) is 5.91 Å². The number of halogens is 1. The number of rotatable bonds is 6. The van der Waals surface area contributed by atoms with Crippen LogP contribution in [0.1, 0.15) is 65.7 Å². The molecule has 1 amide bonds. The number of carbonyl (C=O) groups is 3. The molecule has 0 fully saturated rings. The van der Waals surface area contributed by atoms with E-state index in [1.807, 2.05) is 13.8 Å². The van der Waals surface area contributed by atoms with E-state index in [-0.39, 0.29) is 17.5 Å². The summed E-state index contributed by atoms with van der Waals surface area (Å²) in [7, 11) is 0. The van der Waals surface area contributed by atoms with Crippen LogP contribution in [0, 0.1) is 5.41 Å². The van der Waals surface area contributed by atoms with Crippen molar-refractivity contribution in [3.63, 3.8) is 0 Å². The molecule has 0 aliphatic carbocycles. The molecule has 0 spiro atoms. The Morgan fingerprint density at radius 1 is 1.04 bits per heavy atom. The van der Waals surface area contributed by atoms with Gasteiger partial charge in [-0.15, -0.1) is 11.6 Å². The van der Waals surface area contributed by atoms with Gasteiger partial charge in [-0.05, 0) is 52.8 Å². The van der Waals surface area contributed by atoms with Gasteiger partial charge in [0.05, 0.1) is 17.4 Å². The molecule has 156 valence electrons. The molecule has 1 rings (SSSR count). The molecule has 7 heteroatoms. The normalized spacial score (nSPS) is 13.1. The molecule has 0 bridgehead atoms. The zero-order chi connectivity index (χ0) is 21.9. The Hall–Kier alpha value is -2.08. The third kappa shape index (κ3) is 7.15. The monoisotopic (exact) mass is 411 g/mol. The van der Waals surface area contributed by atoms with E-state index in [2.05, 4.69) is 5.32 Å². The fourth-order valence-electron chi connectivity index (χ4n) is 2.14. The highest BCUT2D eigenvalue weighted by Gasteiger charge is 2.33. The fraction of sp³-hybridized carbons (Fsp3) is 0.571. The highest BCUT2D eigenvalue weighted by atomic mass is 35.5. The molecule has 1 atom stereocenters. The summed E-state index contributed by atoms with van der Waals surface area (Å²) in [6.45, 7) is 14.1. The summed E-state index contributed by atoms with van der Waals surface area (Å²) in [6.07, 6.45) is -0.201. The molecule has 0 saturated carbocycles. The number of benzene rings is 1. The van der Waals surface area contributed by atoms with Crippen molar-refractivity contribution in [2.75, 3.05) is 5.32 Å². The topological polar surface area (TPSA) is 81.7 Å². The van der Waals surface area contributed by atoms with Crippen molar-refractivity contribution in [1.82, 2.24) is 0 Å². The predicted octanol–water partition coefficient (Wildman–Crippen LogP) is 4.59. The van der Waals surface area contributed by atoms with Gasteiger partial charge >= 0.3 is 5.97 Å². The second kappa shape index (κ2) is 8.95. The Labute approximate surface area is 171 Å². The summed E-state index contributed by atoms with van der Waals surface area (Å²) in [5, 5.41) is 1.28. The molecule has 1 unspecified atom stereocenters. The molecule has 1 N–H and O–H groups in total. The van der Waals surface area contributed by atoms with E-state index in [1.165, 1.54) is 18.2 Å². The van der Waals surface area contributed by atoms with Crippen molar-refractivity contribution in [2.45, 2.75) is 72.5 Å². The molecular weight excluding hydrogens is 382 g/mol.